The fourth-order valence-corrected chi connectivity index (χ4v) is 3.86. The van der Waals surface area contributed by atoms with Crippen LogP contribution in [0.4, 0.5) is 0 Å². The summed E-state index contributed by atoms with van der Waals surface area (Å²) in [5.74, 6) is 0.0281. The molecule has 0 bridgehead atoms. The minimum atomic E-state index is -0.397. The summed E-state index contributed by atoms with van der Waals surface area (Å²) in [5.41, 5.74) is 2.40. The SMILES string of the molecule is COC(=O)c1ccc(C(=O)NCC2CCN(Cc3ccsc3)CC2)cc1. The molecule has 1 amide bonds. The van der Waals surface area contributed by atoms with Gasteiger partial charge in [-0.15, -0.1) is 0 Å². The molecular weight excluding hydrogens is 348 g/mol. The van der Waals surface area contributed by atoms with E-state index in [4.69, 9.17) is 0 Å². The molecule has 1 aromatic heterocycles. The van der Waals surface area contributed by atoms with E-state index in [2.05, 4.69) is 31.8 Å². The standard InChI is InChI=1S/C20H24N2O3S/c1-25-20(24)18-4-2-17(3-5-18)19(23)21-12-15-6-9-22(10-7-15)13-16-8-11-26-14-16/h2-5,8,11,14-15H,6-7,9-10,12-13H2,1H3,(H,21,23). The van der Waals surface area contributed by atoms with Crippen LogP contribution in [0, 0.1) is 5.92 Å². The van der Waals surface area contributed by atoms with E-state index in [-0.39, 0.29) is 5.91 Å². The number of likely N-dealkylation sites (tertiary alicyclic amines) is 1. The Morgan fingerprint density at radius 1 is 1.15 bits per heavy atom. The minimum absolute atomic E-state index is 0.0953. The smallest absolute Gasteiger partial charge is 0.337 e. The fourth-order valence-electron chi connectivity index (χ4n) is 3.20. The Morgan fingerprint density at radius 3 is 2.46 bits per heavy atom. The number of hydrogen-bond acceptors (Lipinski definition) is 5. The average molecular weight is 372 g/mol. The summed E-state index contributed by atoms with van der Waals surface area (Å²) < 4.78 is 4.66. The summed E-state index contributed by atoms with van der Waals surface area (Å²) in [6, 6.07) is 8.73. The molecule has 0 unspecified atom stereocenters. The van der Waals surface area contributed by atoms with Gasteiger partial charge in [0.05, 0.1) is 12.7 Å². The normalized spacial score (nSPS) is 15.6. The average Bonchev–Trinajstić information content (AvgIpc) is 3.19. The van der Waals surface area contributed by atoms with Gasteiger partial charge in [-0.05, 0) is 78.5 Å². The number of carbonyl (C=O) groups is 2. The van der Waals surface area contributed by atoms with Crippen molar-refractivity contribution >= 4 is 23.2 Å². The van der Waals surface area contributed by atoms with Crippen LogP contribution in [0.2, 0.25) is 0 Å². The quantitative estimate of drug-likeness (QED) is 0.792. The van der Waals surface area contributed by atoms with Gasteiger partial charge in [-0.2, -0.15) is 11.3 Å². The molecule has 0 saturated carbocycles. The highest BCUT2D eigenvalue weighted by Gasteiger charge is 2.20. The van der Waals surface area contributed by atoms with E-state index in [9.17, 15) is 9.59 Å². The Hall–Kier alpha value is -2.18. The number of nitrogens with zero attached hydrogens (tertiary/aromatic N) is 1. The summed E-state index contributed by atoms with van der Waals surface area (Å²) in [6.45, 7) is 3.87. The lowest BCUT2D eigenvalue weighted by Gasteiger charge is -2.31. The fraction of sp³-hybridized carbons (Fsp3) is 0.400. The van der Waals surface area contributed by atoms with E-state index < -0.39 is 5.97 Å². The van der Waals surface area contributed by atoms with Crippen LogP contribution in [-0.2, 0) is 11.3 Å². The zero-order valence-corrected chi connectivity index (χ0v) is 15.8. The van der Waals surface area contributed by atoms with E-state index in [0.29, 0.717) is 23.6 Å². The first-order chi connectivity index (χ1) is 12.7. The van der Waals surface area contributed by atoms with Crippen molar-refractivity contribution in [3.63, 3.8) is 0 Å². The van der Waals surface area contributed by atoms with Crippen molar-refractivity contribution in [3.05, 3.63) is 57.8 Å². The molecule has 5 nitrogen and oxygen atoms in total. The highest BCUT2D eigenvalue weighted by atomic mass is 32.1. The maximum Gasteiger partial charge on any atom is 0.337 e. The van der Waals surface area contributed by atoms with Crippen molar-refractivity contribution in [3.8, 4) is 0 Å². The topological polar surface area (TPSA) is 58.6 Å². The lowest BCUT2D eigenvalue weighted by atomic mass is 9.96. The molecular formula is C20H24N2O3S. The van der Waals surface area contributed by atoms with E-state index in [1.807, 2.05) is 0 Å². The van der Waals surface area contributed by atoms with Gasteiger partial charge in [0, 0.05) is 18.7 Å². The molecule has 1 aliphatic heterocycles. The van der Waals surface area contributed by atoms with Crippen molar-refractivity contribution in [2.75, 3.05) is 26.7 Å². The van der Waals surface area contributed by atoms with Crippen molar-refractivity contribution < 1.29 is 14.3 Å². The van der Waals surface area contributed by atoms with Gasteiger partial charge >= 0.3 is 5.97 Å². The van der Waals surface area contributed by atoms with Gasteiger partial charge in [0.2, 0.25) is 0 Å². The van der Waals surface area contributed by atoms with E-state index in [0.717, 1.165) is 32.5 Å². The number of rotatable bonds is 6. The van der Waals surface area contributed by atoms with Crippen LogP contribution in [0.1, 0.15) is 39.1 Å². The highest BCUT2D eigenvalue weighted by molar-refractivity contribution is 7.07. The maximum absolute atomic E-state index is 12.3. The number of hydrogen-bond donors (Lipinski definition) is 1. The number of esters is 1. The molecule has 1 saturated heterocycles. The molecule has 3 rings (SSSR count). The van der Waals surface area contributed by atoms with Crippen LogP contribution in [0.3, 0.4) is 0 Å². The number of thiophene rings is 1. The maximum atomic E-state index is 12.3. The number of nitrogens with one attached hydrogen (secondary N) is 1. The highest BCUT2D eigenvalue weighted by Crippen LogP contribution is 2.19. The first-order valence-corrected chi connectivity index (χ1v) is 9.80. The van der Waals surface area contributed by atoms with Gasteiger partial charge in [-0.1, -0.05) is 0 Å². The molecule has 26 heavy (non-hydrogen) atoms. The molecule has 2 aromatic rings. The lowest BCUT2D eigenvalue weighted by molar-refractivity contribution is 0.0600. The molecule has 1 fully saturated rings. The summed E-state index contributed by atoms with van der Waals surface area (Å²) in [7, 11) is 1.34. The zero-order valence-electron chi connectivity index (χ0n) is 14.9. The third kappa shape index (κ3) is 4.93. The molecule has 0 aliphatic carbocycles. The van der Waals surface area contributed by atoms with Gasteiger partial charge in [0.1, 0.15) is 0 Å². The second kappa shape index (κ2) is 8.96. The predicted molar refractivity (Wildman–Crippen MR) is 102 cm³/mol. The van der Waals surface area contributed by atoms with Crippen LogP contribution < -0.4 is 5.32 Å². The second-order valence-electron chi connectivity index (χ2n) is 6.63. The predicted octanol–water partition coefficient (Wildman–Crippen LogP) is 3.18. The number of ether oxygens (including phenoxy) is 1. The molecule has 1 N–H and O–H groups in total. The first kappa shape index (κ1) is 18.6. The van der Waals surface area contributed by atoms with E-state index >= 15 is 0 Å². The third-order valence-electron chi connectivity index (χ3n) is 4.81. The number of piperidine rings is 1. The van der Waals surface area contributed by atoms with Crippen molar-refractivity contribution in [2.24, 2.45) is 5.92 Å². The van der Waals surface area contributed by atoms with Gasteiger partial charge in [-0.3, -0.25) is 9.69 Å². The summed E-state index contributed by atoms with van der Waals surface area (Å²) in [4.78, 5) is 26.2. The van der Waals surface area contributed by atoms with Gasteiger partial charge in [-0.25, -0.2) is 4.79 Å². The summed E-state index contributed by atoms with van der Waals surface area (Å²) in [6.07, 6.45) is 2.21. The monoisotopic (exact) mass is 372 g/mol. The molecule has 138 valence electrons. The van der Waals surface area contributed by atoms with Crippen LogP contribution in [0.15, 0.2) is 41.1 Å². The minimum Gasteiger partial charge on any atom is -0.465 e. The number of methoxy groups -OCH3 is 1. The summed E-state index contributed by atoms with van der Waals surface area (Å²) >= 11 is 1.74. The number of amides is 1. The molecule has 0 spiro atoms. The molecule has 6 heteroatoms. The second-order valence-corrected chi connectivity index (χ2v) is 7.41. The Bertz CT molecular complexity index is 720. The van der Waals surface area contributed by atoms with Crippen molar-refractivity contribution in [2.45, 2.75) is 19.4 Å². The Kier molecular flexibility index (Phi) is 6.41. The van der Waals surface area contributed by atoms with Crippen LogP contribution in [-0.4, -0.2) is 43.5 Å². The van der Waals surface area contributed by atoms with E-state index in [1.54, 1.807) is 35.6 Å². The Morgan fingerprint density at radius 2 is 1.85 bits per heavy atom. The molecule has 1 aliphatic rings. The Balaban J connectivity index is 1.41. The lowest BCUT2D eigenvalue weighted by Crippen LogP contribution is -2.38. The van der Waals surface area contributed by atoms with Crippen LogP contribution in [0.25, 0.3) is 0 Å². The van der Waals surface area contributed by atoms with Gasteiger partial charge in [0.25, 0.3) is 5.91 Å². The summed E-state index contributed by atoms with van der Waals surface area (Å²) in [5, 5.41) is 7.35. The van der Waals surface area contributed by atoms with Gasteiger partial charge < -0.3 is 10.1 Å². The Labute approximate surface area is 158 Å². The van der Waals surface area contributed by atoms with Gasteiger partial charge in [0.15, 0.2) is 0 Å². The van der Waals surface area contributed by atoms with Crippen molar-refractivity contribution in [1.29, 1.82) is 0 Å². The molecule has 2 heterocycles. The van der Waals surface area contributed by atoms with Crippen LogP contribution >= 0.6 is 11.3 Å². The molecule has 0 atom stereocenters. The first-order valence-electron chi connectivity index (χ1n) is 8.85. The zero-order chi connectivity index (χ0) is 18.4. The number of benzene rings is 1. The molecule has 0 radical (unpaired) electrons. The van der Waals surface area contributed by atoms with E-state index in [1.165, 1.54) is 12.7 Å². The number of carbonyl (C=O) groups excluding carboxylic acids is 2. The van der Waals surface area contributed by atoms with Crippen LogP contribution in [0.5, 0.6) is 0 Å². The molecule has 1 aromatic carbocycles. The third-order valence-corrected chi connectivity index (χ3v) is 5.54. The largest absolute Gasteiger partial charge is 0.465 e. The van der Waals surface area contributed by atoms with Crippen molar-refractivity contribution in [1.82, 2.24) is 10.2 Å².